The second-order valence-corrected chi connectivity index (χ2v) is 5.77. The molecule has 2 aromatic rings. The first kappa shape index (κ1) is 12.5. The summed E-state index contributed by atoms with van der Waals surface area (Å²) in [4.78, 5) is 16.3. The second kappa shape index (κ2) is 4.96. The first-order valence-corrected chi connectivity index (χ1v) is 7.31. The highest BCUT2D eigenvalue weighted by molar-refractivity contribution is 5.93. The zero-order valence-electron chi connectivity index (χ0n) is 11.6. The molecule has 2 aliphatic rings. The van der Waals surface area contributed by atoms with Gasteiger partial charge in [0, 0.05) is 17.8 Å². The molecule has 6 nitrogen and oxygen atoms in total. The fourth-order valence-electron chi connectivity index (χ4n) is 3.39. The van der Waals surface area contributed by atoms with E-state index in [1.54, 1.807) is 11.0 Å². The quantitative estimate of drug-likeness (QED) is 0.892. The molecule has 2 saturated heterocycles. The van der Waals surface area contributed by atoms with E-state index in [1.165, 1.54) is 12.7 Å². The smallest absolute Gasteiger partial charge is 0.229 e. The SMILES string of the molecule is O=C(Nc1ccc(-n2cncn2)cc1)C1CC2CCC1N2. The number of aromatic nitrogens is 3. The summed E-state index contributed by atoms with van der Waals surface area (Å²) in [5.74, 6) is 0.238. The third-order valence-electron chi connectivity index (χ3n) is 4.45. The lowest BCUT2D eigenvalue weighted by Gasteiger charge is -2.19. The fourth-order valence-corrected chi connectivity index (χ4v) is 3.39. The Morgan fingerprint density at radius 2 is 2.14 bits per heavy atom. The van der Waals surface area contributed by atoms with Gasteiger partial charge in [0.2, 0.25) is 5.91 Å². The number of carbonyl (C=O) groups is 1. The topological polar surface area (TPSA) is 71.8 Å². The predicted octanol–water partition coefficient (Wildman–Crippen LogP) is 1.35. The van der Waals surface area contributed by atoms with Crippen molar-refractivity contribution in [2.75, 3.05) is 5.32 Å². The van der Waals surface area contributed by atoms with Crippen LogP contribution in [0.4, 0.5) is 5.69 Å². The van der Waals surface area contributed by atoms with Gasteiger partial charge >= 0.3 is 0 Å². The van der Waals surface area contributed by atoms with Crippen molar-refractivity contribution in [1.29, 1.82) is 0 Å². The highest BCUT2D eigenvalue weighted by Gasteiger charge is 2.42. The van der Waals surface area contributed by atoms with Crippen molar-refractivity contribution in [3.8, 4) is 5.69 Å². The maximum atomic E-state index is 12.3. The minimum absolute atomic E-state index is 0.110. The van der Waals surface area contributed by atoms with Crippen LogP contribution in [0, 0.1) is 5.92 Å². The van der Waals surface area contributed by atoms with Gasteiger partial charge in [0.05, 0.1) is 11.6 Å². The zero-order valence-corrected chi connectivity index (χ0v) is 11.6. The lowest BCUT2D eigenvalue weighted by molar-refractivity contribution is -0.120. The van der Waals surface area contributed by atoms with E-state index in [1.807, 2.05) is 24.3 Å². The summed E-state index contributed by atoms with van der Waals surface area (Å²) in [5.41, 5.74) is 1.75. The minimum Gasteiger partial charge on any atom is -0.326 e. The highest BCUT2D eigenvalue weighted by atomic mass is 16.2. The molecule has 3 atom stereocenters. The Morgan fingerprint density at radius 3 is 2.76 bits per heavy atom. The van der Waals surface area contributed by atoms with Gasteiger partial charge in [0.1, 0.15) is 12.7 Å². The Hall–Kier alpha value is -2.21. The van der Waals surface area contributed by atoms with E-state index >= 15 is 0 Å². The van der Waals surface area contributed by atoms with Crippen molar-refractivity contribution >= 4 is 11.6 Å². The summed E-state index contributed by atoms with van der Waals surface area (Å²) in [6.45, 7) is 0. The number of carbonyl (C=O) groups excluding carboxylic acids is 1. The van der Waals surface area contributed by atoms with E-state index in [9.17, 15) is 4.79 Å². The number of fused-ring (bicyclic) bond motifs is 2. The third-order valence-corrected chi connectivity index (χ3v) is 4.45. The molecule has 3 unspecified atom stereocenters. The lowest BCUT2D eigenvalue weighted by Crippen LogP contribution is -2.32. The van der Waals surface area contributed by atoms with Crippen LogP contribution in [0.3, 0.4) is 0 Å². The van der Waals surface area contributed by atoms with Crippen molar-refractivity contribution in [2.24, 2.45) is 5.92 Å². The molecule has 2 N–H and O–H groups in total. The molecule has 4 rings (SSSR count). The van der Waals surface area contributed by atoms with Crippen molar-refractivity contribution in [3.63, 3.8) is 0 Å². The molecule has 21 heavy (non-hydrogen) atoms. The number of hydrogen-bond acceptors (Lipinski definition) is 4. The number of nitrogens with zero attached hydrogens (tertiary/aromatic N) is 3. The molecule has 2 fully saturated rings. The van der Waals surface area contributed by atoms with Crippen LogP contribution in [0.2, 0.25) is 0 Å². The predicted molar refractivity (Wildman–Crippen MR) is 78.0 cm³/mol. The molecular formula is C15H17N5O. The first-order valence-electron chi connectivity index (χ1n) is 7.31. The fraction of sp³-hybridized carbons (Fsp3) is 0.400. The van der Waals surface area contributed by atoms with Crippen molar-refractivity contribution in [3.05, 3.63) is 36.9 Å². The van der Waals surface area contributed by atoms with Gasteiger partial charge in [0.15, 0.2) is 0 Å². The van der Waals surface area contributed by atoms with Gasteiger partial charge < -0.3 is 10.6 Å². The van der Waals surface area contributed by atoms with Gasteiger partial charge in [-0.2, -0.15) is 5.10 Å². The zero-order chi connectivity index (χ0) is 14.2. The second-order valence-electron chi connectivity index (χ2n) is 5.77. The van der Waals surface area contributed by atoms with Crippen molar-refractivity contribution in [1.82, 2.24) is 20.1 Å². The summed E-state index contributed by atoms with van der Waals surface area (Å²) in [6.07, 6.45) is 6.44. The van der Waals surface area contributed by atoms with Crippen LogP contribution < -0.4 is 10.6 Å². The van der Waals surface area contributed by atoms with Crippen LogP contribution in [0.1, 0.15) is 19.3 Å². The molecule has 3 heterocycles. The summed E-state index contributed by atoms with van der Waals surface area (Å²) < 4.78 is 1.69. The molecule has 0 saturated carbocycles. The number of rotatable bonds is 3. The maximum Gasteiger partial charge on any atom is 0.229 e. The number of benzene rings is 1. The molecule has 6 heteroatoms. The van der Waals surface area contributed by atoms with Crippen molar-refractivity contribution < 1.29 is 4.79 Å². The summed E-state index contributed by atoms with van der Waals surface area (Å²) in [5, 5.41) is 10.6. The van der Waals surface area contributed by atoms with E-state index in [4.69, 9.17) is 0 Å². The van der Waals surface area contributed by atoms with Crippen molar-refractivity contribution in [2.45, 2.75) is 31.3 Å². The van der Waals surface area contributed by atoms with E-state index in [0.717, 1.165) is 24.2 Å². The standard InChI is InChI=1S/C15H17N5O/c21-15(13-7-11-3-6-14(13)18-11)19-10-1-4-12(5-2-10)20-9-16-8-17-20/h1-2,4-5,8-9,11,13-14,18H,3,6-7H2,(H,19,21). The average Bonchev–Trinajstić information content (AvgIpc) is 3.25. The van der Waals surface area contributed by atoms with E-state index in [2.05, 4.69) is 20.7 Å². The summed E-state index contributed by atoms with van der Waals surface area (Å²) in [6, 6.07) is 8.54. The largest absolute Gasteiger partial charge is 0.326 e. The van der Waals surface area contributed by atoms with E-state index in [0.29, 0.717) is 12.1 Å². The van der Waals surface area contributed by atoms with Gasteiger partial charge in [-0.1, -0.05) is 0 Å². The molecular weight excluding hydrogens is 266 g/mol. The normalized spacial score (nSPS) is 27.0. The number of anilines is 1. The summed E-state index contributed by atoms with van der Waals surface area (Å²) >= 11 is 0. The van der Waals surface area contributed by atoms with Gasteiger partial charge in [-0.25, -0.2) is 9.67 Å². The monoisotopic (exact) mass is 283 g/mol. The third kappa shape index (κ3) is 2.31. The van der Waals surface area contributed by atoms with Gasteiger partial charge in [0.25, 0.3) is 0 Å². The Labute approximate surface area is 122 Å². The molecule has 108 valence electrons. The Kier molecular flexibility index (Phi) is 2.96. The van der Waals surface area contributed by atoms with Crippen LogP contribution in [-0.4, -0.2) is 32.8 Å². The van der Waals surface area contributed by atoms with E-state index < -0.39 is 0 Å². The Morgan fingerprint density at radius 1 is 1.29 bits per heavy atom. The lowest BCUT2D eigenvalue weighted by atomic mass is 9.88. The highest BCUT2D eigenvalue weighted by Crippen LogP contribution is 2.33. The van der Waals surface area contributed by atoms with Gasteiger partial charge in [-0.3, -0.25) is 4.79 Å². The summed E-state index contributed by atoms with van der Waals surface area (Å²) in [7, 11) is 0. The average molecular weight is 283 g/mol. The van der Waals surface area contributed by atoms with Crippen LogP contribution in [0.5, 0.6) is 0 Å². The number of hydrogen-bond donors (Lipinski definition) is 2. The molecule has 0 spiro atoms. The molecule has 0 radical (unpaired) electrons. The molecule has 2 bridgehead atoms. The maximum absolute atomic E-state index is 12.3. The van der Waals surface area contributed by atoms with Crippen LogP contribution in [0.15, 0.2) is 36.9 Å². The molecule has 0 aliphatic carbocycles. The minimum atomic E-state index is 0.110. The Bertz CT molecular complexity index is 637. The van der Waals surface area contributed by atoms with E-state index in [-0.39, 0.29) is 11.8 Å². The molecule has 1 aromatic heterocycles. The molecule has 1 amide bonds. The van der Waals surface area contributed by atoms with Crippen LogP contribution in [-0.2, 0) is 4.79 Å². The van der Waals surface area contributed by atoms with Gasteiger partial charge in [-0.15, -0.1) is 0 Å². The molecule has 1 aromatic carbocycles. The van der Waals surface area contributed by atoms with Crippen LogP contribution >= 0.6 is 0 Å². The number of amides is 1. The first-order chi connectivity index (χ1) is 10.3. The van der Waals surface area contributed by atoms with Crippen LogP contribution in [0.25, 0.3) is 5.69 Å². The van der Waals surface area contributed by atoms with Gasteiger partial charge in [-0.05, 0) is 43.5 Å². The molecule has 2 aliphatic heterocycles. The number of nitrogens with one attached hydrogen (secondary N) is 2. The Balaban J connectivity index is 1.44.